The molecule has 0 aliphatic carbocycles. The zero-order valence-corrected chi connectivity index (χ0v) is 17.6. The number of anilines is 2. The second-order valence-electron chi connectivity index (χ2n) is 8.04. The number of ether oxygens (including phenoxy) is 1. The van der Waals surface area contributed by atoms with Crippen molar-refractivity contribution in [3.8, 4) is 5.75 Å². The third kappa shape index (κ3) is 4.08. The Labute approximate surface area is 180 Å². The Morgan fingerprint density at radius 3 is 2.26 bits per heavy atom. The lowest BCUT2D eigenvalue weighted by molar-refractivity contribution is -0.139. The van der Waals surface area contributed by atoms with Gasteiger partial charge in [-0.1, -0.05) is 24.3 Å². The molecule has 160 valence electrons. The average molecular weight is 420 g/mol. The Bertz CT molecular complexity index is 1040. The van der Waals surface area contributed by atoms with Crippen molar-refractivity contribution < 1.29 is 23.9 Å². The van der Waals surface area contributed by atoms with Gasteiger partial charge >= 0.3 is 5.97 Å². The minimum Gasteiger partial charge on any atom is -0.426 e. The molecule has 0 aromatic heterocycles. The van der Waals surface area contributed by atoms with Crippen molar-refractivity contribution in [2.45, 2.75) is 39.5 Å². The number of carbonyl (C=O) groups excluding carboxylic acids is 4. The molecule has 3 amide bonds. The molecule has 31 heavy (non-hydrogen) atoms. The van der Waals surface area contributed by atoms with E-state index in [-0.39, 0.29) is 36.4 Å². The van der Waals surface area contributed by atoms with Gasteiger partial charge in [-0.3, -0.25) is 24.1 Å². The van der Waals surface area contributed by atoms with Crippen LogP contribution >= 0.6 is 0 Å². The Kier molecular flexibility index (Phi) is 5.59. The van der Waals surface area contributed by atoms with Crippen LogP contribution in [0.25, 0.3) is 0 Å². The van der Waals surface area contributed by atoms with E-state index in [1.54, 1.807) is 23.1 Å². The molecule has 2 aromatic rings. The number of esters is 1. The first kappa shape index (κ1) is 20.8. The molecule has 7 nitrogen and oxygen atoms in total. The van der Waals surface area contributed by atoms with Crippen molar-refractivity contribution in [2.75, 3.05) is 16.3 Å². The summed E-state index contributed by atoms with van der Waals surface area (Å²) in [7, 11) is 0. The Morgan fingerprint density at radius 1 is 0.935 bits per heavy atom. The van der Waals surface area contributed by atoms with Crippen LogP contribution in [0.4, 0.5) is 11.4 Å². The van der Waals surface area contributed by atoms with Gasteiger partial charge in [0.1, 0.15) is 5.75 Å². The number of benzene rings is 2. The Hall–Kier alpha value is -3.48. The molecule has 2 aromatic carbocycles. The smallest absolute Gasteiger partial charge is 0.316 e. The zero-order chi connectivity index (χ0) is 22.1. The number of amides is 3. The fourth-order valence-electron chi connectivity index (χ4n) is 4.24. The molecular formula is C24H24N2O5. The quantitative estimate of drug-likeness (QED) is 0.431. The summed E-state index contributed by atoms with van der Waals surface area (Å²) in [5.41, 5.74) is 3.18. The summed E-state index contributed by atoms with van der Waals surface area (Å²) in [6, 6.07) is 12.2. The lowest BCUT2D eigenvalue weighted by atomic mass is 10.1. The standard InChI is InChI=1S/C24H24N2O5/c1-15-6-3-7-16(2)23(15)25-14-17(12-22(25)29)24(30)31-19-9-4-8-18(13-19)26-20(27)10-5-11-21(26)28/h3-4,6-9,13,17H,5,10-12,14H2,1-2H3/t17-/m1/s1. The van der Waals surface area contributed by atoms with Crippen LogP contribution < -0.4 is 14.5 Å². The third-order valence-electron chi connectivity index (χ3n) is 5.74. The number of hydrogen-bond acceptors (Lipinski definition) is 5. The predicted molar refractivity (Wildman–Crippen MR) is 115 cm³/mol. The van der Waals surface area contributed by atoms with E-state index in [0.29, 0.717) is 24.9 Å². The molecule has 0 saturated carbocycles. The highest BCUT2D eigenvalue weighted by atomic mass is 16.5. The Morgan fingerprint density at radius 2 is 1.58 bits per heavy atom. The van der Waals surface area contributed by atoms with Crippen LogP contribution in [-0.4, -0.2) is 30.2 Å². The molecule has 4 rings (SSSR count). The molecule has 0 unspecified atom stereocenters. The highest BCUT2D eigenvalue weighted by Gasteiger charge is 2.37. The summed E-state index contributed by atoms with van der Waals surface area (Å²) in [6.07, 6.45) is 1.26. The van der Waals surface area contributed by atoms with E-state index < -0.39 is 11.9 Å². The molecule has 7 heteroatoms. The summed E-state index contributed by atoms with van der Waals surface area (Å²) in [5, 5.41) is 0. The van der Waals surface area contributed by atoms with Crippen LogP contribution in [0.1, 0.15) is 36.8 Å². The lowest BCUT2D eigenvalue weighted by Gasteiger charge is -2.25. The van der Waals surface area contributed by atoms with E-state index in [2.05, 4.69) is 0 Å². The van der Waals surface area contributed by atoms with Gasteiger partial charge in [-0.25, -0.2) is 0 Å². The van der Waals surface area contributed by atoms with Crippen molar-refractivity contribution in [2.24, 2.45) is 5.92 Å². The molecule has 2 aliphatic rings. The van der Waals surface area contributed by atoms with Gasteiger partial charge in [-0.05, 0) is 43.5 Å². The van der Waals surface area contributed by atoms with Gasteiger partial charge in [0.05, 0.1) is 11.6 Å². The monoisotopic (exact) mass is 420 g/mol. The van der Waals surface area contributed by atoms with Crippen LogP contribution in [0.2, 0.25) is 0 Å². The molecule has 2 saturated heterocycles. The number of para-hydroxylation sites is 1. The minimum absolute atomic E-state index is 0.0788. The number of aryl methyl sites for hydroxylation is 2. The first-order valence-corrected chi connectivity index (χ1v) is 10.4. The topological polar surface area (TPSA) is 84.0 Å². The first-order valence-electron chi connectivity index (χ1n) is 10.4. The fraction of sp³-hybridized carbons (Fsp3) is 0.333. The van der Waals surface area contributed by atoms with E-state index in [9.17, 15) is 19.2 Å². The van der Waals surface area contributed by atoms with E-state index in [4.69, 9.17) is 4.74 Å². The van der Waals surface area contributed by atoms with Crippen molar-refractivity contribution in [1.82, 2.24) is 0 Å². The number of imide groups is 1. The molecule has 2 fully saturated rings. The van der Waals surface area contributed by atoms with Gasteiger partial charge in [-0.2, -0.15) is 0 Å². The van der Waals surface area contributed by atoms with Crippen molar-refractivity contribution in [3.63, 3.8) is 0 Å². The number of hydrogen-bond donors (Lipinski definition) is 0. The van der Waals surface area contributed by atoms with Gasteiger partial charge in [0.2, 0.25) is 17.7 Å². The summed E-state index contributed by atoms with van der Waals surface area (Å²) in [6.45, 7) is 4.14. The third-order valence-corrected chi connectivity index (χ3v) is 5.74. The van der Waals surface area contributed by atoms with Crippen molar-refractivity contribution in [1.29, 1.82) is 0 Å². The molecule has 0 bridgehead atoms. The summed E-state index contributed by atoms with van der Waals surface area (Å²) in [4.78, 5) is 52.5. The molecule has 0 radical (unpaired) electrons. The van der Waals surface area contributed by atoms with Gasteiger partial charge in [0.25, 0.3) is 0 Å². The maximum absolute atomic E-state index is 12.8. The molecule has 2 heterocycles. The van der Waals surface area contributed by atoms with Gasteiger partial charge in [0, 0.05) is 37.6 Å². The van der Waals surface area contributed by atoms with Crippen LogP contribution in [0, 0.1) is 19.8 Å². The molecule has 2 aliphatic heterocycles. The van der Waals surface area contributed by atoms with Crippen LogP contribution in [-0.2, 0) is 19.2 Å². The average Bonchev–Trinajstić information content (AvgIpc) is 3.10. The van der Waals surface area contributed by atoms with Gasteiger partial charge in [0.15, 0.2) is 0 Å². The summed E-state index contributed by atoms with van der Waals surface area (Å²) >= 11 is 0. The van der Waals surface area contributed by atoms with E-state index in [1.165, 1.54) is 6.07 Å². The zero-order valence-electron chi connectivity index (χ0n) is 17.6. The Balaban J connectivity index is 1.49. The van der Waals surface area contributed by atoms with Gasteiger partial charge < -0.3 is 9.64 Å². The first-order chi connectivity index (χ1) is 14.8. The summed E-state index contributed by atoms with van der Waals surface area (Å²) in [5.74, 6) is -1.48. The molecular weight excluding hydrogens is 396 g/mol. The lowest BCUT2D eigenvalue weighted by Crippen LogP contribution is -2.40. The van der Waals surface area contributed by atoms with Crippen LogP contribution in [0.3, 0.4) is 0 Å². The number of rotatable bonds is 4. The van der Waals surface area contributed by atoms with Crippen molar-refractivity contribution >= 4 is 35.1 Å². The van der Waals surface area contributed by atoms with Gasteiger partial charge in [-0.15, -0.1) is 0 Å². The maximum Gasteiger partial charge on any atom is 0.316 e. The molecule has 0 spiro atoms. The number of carbonyl (C=O) groups is 4. The highest BCUT2D eigenvalue weighted by molar-refractivity contribution is 6.16. The second kappa shape index (κ2) is 8.34. The number of piperidine rings is 1. The molecule has 0 N–H and O–H groups in total. The predicted octanol–water partition coefficient (Wildman–Crippen LogP) is 3.31. The van der Waals surface area contributed by atoms with E-state index in [0.717, 1.165) is 21.7 Å². The normalized spacial score (nSPS) is 19.2. The van der Waals surface area contributed by atoms with Crippen LogP contribution in [0.15, 0.2) is 42.5 Å². The van der Waals surface area contributed by atoms with Crippen molar-refractivity contribution in [3.05, 3.63) is 53.6 Å². The maximum atomic E-state index is 12.8. The minimum atomic E-state index is -0.589. The second-order valence-corrected chi connectivity index (χ2v) is 8.04. The summed E-state index contributed by atoms with van der Waals surface area (Å²) < 4.78 is 5.53. The van der Waals surface area contributed by atoms with Crippen LogP contribution in [0.5, 0.6) is 5.75 Å². The van der Waals surface area contributed by atoms with E-state index >= 15 is 0 Å². The number of nitrogens with zero attached hydrogens (tertiary/aromatic N) is 2. The van der Waals surface area contributed by atoms with E-state index in [1.807, 2.05) is 32.0 Å². The SMILES string of the molecule is Cc1cccc(C)c1N1C[C@H](C(=O)Oc2cccc(N3C(=O)CCCC3=O)c2)CC1=O. The largest absolute Gasteiger partial charge is 0.426 e. The highest BCUT2D eigenvalue weighted by Crippen LogP contribution is 2.32. The fourth-order valence-corrected chi connectivity index (χ4v) is 4.24. The molecule has 1 atom stereocenters.